The number of likely N-dealkylation sites (tertiary alicyclic amines) is 1. The first-order valence-electron chi connectivity index (χ1n) is 11.0. The first-order chi connectivity index (χ1) is 15.0. The molecule has 3 amide bonds. The number of nitrogens with two attached hydrogens (primary N) is 1. The minimum absolute atomic E-state index is 0.0126. The largest absolute Gasteiger partial charge is 0.366 e. The summed E-state index contributed by atoms with van der Waals surface area (Å²) >= 11 is 0. The number of piperidine rings is 1. The summed E-state index contributed by atoms with van der Waals surface area (Å²) in [7, 11) is 0. The van der Waals surface area contributed by atoms with Crippen molar-refractivity contribution in [3.63, 3.8) is 0 Å². The summed E-state index contributed by atoms with van der Waals surface area (Å²) in [6, 6.07) is -1.87. The SMILES string of the molecule is [2H]c1c([2H])c([2H])c([C@@H]2CC[C@@H](C)CN2C(=O)C(=O)Nc2cncc(C(N)=O)c2)c([2H])c1[2H]. The van der Waals surface area contributed by atoms with Crippen molar-refractivity contribution in [2.75, 3.05) is 11.9 Å². The third-order valence-electron chi connectivity index (χ3n) is 4.41. The lowest BCUT2D eigenvalue weighted by Crippen LogP contribution is -2.46. The Balaban J connectivity index is 1.94. The van der Waals surface area contributed by atoms with E-state index in [0.717, 1.165) is 0 Å². The molecule has 0 unspecified atom stereocenters. The van der Waals surface area contributed by atoms with Gasteiger partial charge in [-0.2, -0.15) is 0 Å². The van der Waals surface area contributed by atoms with E-state index in [9.17, 15) is 14.4 Å². The van der Waals surface area contributed by atoms with Gasteiger partial charge in [0.25, 0.3) is 0 Å². The van der Waals surface area contributed by atoms with Gasteiger partial charge in [-0.05, 0) is 30.4 Å². The fourth-order valence-corrected chi connectivity index (χ4v) is 3.06. The van der Waals surface area contributed by atoms with E-state index in [1.165, 1.54) is 23.4 Å². The molecular formula is C20H22N4O3. The molecule has 1 aliphatic heterocycles. The van der Waals surface area contributed by atoms with Crippen LogP contribution in [0.2, 0.25) is 0 Å². The Hall–Kier alpha value is -3.22. The van der Waals surface area contributed by atoms with Gasteiger partial charge in [0.1, 0.15) is 0 Å². The zero-order chi connectivity index (χ0) is 23.7. The number of hydrogen-bond donors (Lipinski definition) is 2. The van der Waals surface area contributed by atoms with E-state index in [2.05, 4.69) is 10.3 Å². The number of anilines is 1. The maximum absolute atomic E-state index is 13.1. The summed E-state index contributed by atoms with van der Waals surface area (Å²) in [5, 5.41) is 2.38. The molecule has 27 heavy (non-hydrogen) atoms. The molecule has 2 heterocycles. The highest BCUT2D eigenvalue weighted by molar-refractivity contribution is 6.39. The molecule has 1 saturated heterocycles. The number of benzene rings is 1. The van der Waals surface area contributed by atoms with Crippen LogP contribution in [0.4, 0.5) is 5.69 Å². The Kier molecular flexibility index (Phi) is 3.85. The number of nitrogens with zero attached hydrogens (tertiary/aromatic N) is 2. The number of carbonyl (C=O) groups excluding carboxylic acids is 3. The predicted octanol–water partition coefficient (Wildman–Crippen LogP) is 2.12. The standard InChI is InChI=1S/C20H22N4O3/c1-13-7-8-17(14-5-3-2-4-6-14)24(12-13)20(27)19(26)23-16-9-15(18(21)25)10-22-11-16/h2-6,9-11,13,17H,7-8,12H2,1H3,(H2,21,25)(H,23,26)/t13-,17+/m1/s1/i2D,3D,4D,5D,6D. The summed E-state index contributed by atoms with van der Waals surface area (Å²) in [5.41, 5.74) is 5.35. The Bertz CT molecular complexity index is 1080. The molecule has 0 spiro atoms. The number of pyridine rings is 1. The van der Waals surface area contributed by atoms with Gasteiger partial charge in [0, 0.05) is 12.7 Å². The van der Waals surface area contributed by atoms with E-state index in [1.807, 2.05) is 6.92 Å². The molecule has 0 bridgehead atoms. The number of hydrogen-bond acceptors (Lipinski definition) is 4. The Morgan fingerprint density at radius 1 is 1.22 bits per heavy atom. The van der Waals surface area contributed by atoms with Gasteiger partial charge in [-0.3, -0.25) is 19.4 Å². The minimum Gasteiger partial charge on any atom is -0.366 e. The number of carbonyl (C=O) groups is 3. The van der Waals surface area contributed by atoms with E-state index in [-0.39, 0.29) is 29.3 Å². The van der Waals surface area contributed by atoms with Crippen molar-refractivity contribution in [3.05, 3.63) is 59.8 Å². The normalized spacial score (nSPS) is 22.0. The summed E-state index contributed by atoms with van der Waals surface area (Å²) in [5.74, 6) is -2.61. The molecule has 0 aliphatic carbocycles. The highest BCUT2D eigenvalue weighted by Gasteiger charge is 2.34. The molecule has 1 aromatic carbocycles. The number of aromatic nitrogens is 1. The van der Waals surface area contributed by atoms with E-state index >= 15 is 0 Å². The molecule has 3 rings (SSSR count). The van der Waals surface area contributed by atoms with E-state index in [1.54, 1.807) is 0 Å². The maximum atomic E-state index is 13.1. The molecule has 7 heteroatoms. The van der Waals surface area contributed by atoms with Crippen LogP contribution in [0.15, 0.2) is 48.7 Å². The lowest BCUT2D eigenvalue weighted by molar-refractivity contribution is -0.146. The summed E-state index contributed by atoms with van der Waals surface area (Å²) in [4.78, 5) is 42.1. The minimum atomic E-state index is -1.00. The maximum Gasteiger partial charge on any atom is 0.313 e. The van der Waals surface area contributed by atoms with Crippen LogP contribution >= 0.6 is 0 Å². The summed E-state index contributed by atoms with van der Waals surface area (Å²) in [6.07, 6.45) is 3.47. The monoisotopic (exact) mass is 371 g/mol. The second-order valence-electron chi connectivity index (χ2n) is 6.48. The predicted molar refractivity (Wildman–Crippen MR) is 101 cm³/mol. The number of nitrogens with one attached hydrogen (secondary N) is 1. The van der Waals surface area contributed by atoms with Gasteiger partial charge >= 0.3 is 11.8 Å². The highest BCUT2D eigenvalue weighted by atomic mass is 16.2. The molecule has 0 radical (unpaired) electrons. The summed E-state index contributed by atoms with van der Waals surface area (Å²) < 4.78 is 40.1. The van der Waals surface area contributed by atoms with Gasteiger partial charge in [0.15, 0.2) is 0 Å². The molecule has 2 aromatic rings. The van der Waals surface area contributed by atoms with Gasteiger partial charge in [-0.15, -0.1) is 0 Å². The molecular weight excluding hydrogens is 344 g/mol. The van der Waals surface area contributed by atoms with Crippen molar-refractivity contribution < 1.29 is 21.2 Å². The van der Waals surface area contributed by atoms with Gasteiger partial charge in [-0.1, -0.05) is 37.1 Å². The van der Waals surface area contributed by atoms with Crippen LogP contribution in [0.3, 0.4) is 0 Å². The molecule has 0 saturated carbocycles. The number of primary amides is 1. The Morgan fingerprint density at radius 2 is 1.96 bits per heavy atom. The Morgan fingerprint density at radius 3 is 2.67 bits per heavy atom. The third-order valence-corrected chi connectivity index (χ3v) is 4.41. The average molecular weight is 371 g/mol. The molecule has 7 nitrogen and oxygen atoms in total. The zero-order valence-electron chi connectivity index (χ0n) is 19.7. The van der Waals surface area contributed by atoms with Crippen molar-refractivity contribution in [1.82, 2.24) is 9.88 Å². The van der Waals surface area contributed by atoms with E-state index in [4.69, 9.17) is 12.6 Å². The first kappa shape index (κ1) is 13.0. The third kappa shape index (κ3) is 4.31. The van der Waals surface area contributed by atoms with Crippen LogP contribution in [0.25, 0.3) is 0 Å². The highest BCUT2D eigenvalue weighted by Crippen LogP contribution is 2.33. The zero-order valence-corrected chi connectivity index (χ0v) is 14.7. The van der Waals surface area contributed by atoms with Crippen molar-refractivity contribution in [2.24, 2.45) is 11.7 Å². The van der Waals surface area contributed by atoms with Crippen molar-refractivity contribution in [2.45, 2.75) is 25.8 Å². The van der Waals surface area contributed by atoms with Gasteiger partial charge in [0.05, 0.1) is 30.3 Å². The van der Waals surface area contributed by atoms with Crippen LogP contribution in [0.1, 0.15) is 48.6 Å². The second-order valence-corrected chi connectivity index (χ2v) is 6.48. The van der Waals surface area contributed by atoms with E-state index < -0.39 is 54.0 Å². The smallest absolute Gasteiger partial charge is 0.313 e. The molecule has 2 atom stereocenters. The topological polar surface area (TPSA) is 105 Å². The number of amides is 3. The number of rotatable bonds is 3. The summed E-state index contributed by atoms with van der Waals surface area (Å²) in [6.45, 7) is 2.08. The van der Waals surface area contributed by atoms with Crippen molar-refractivity contribution >= 4 is 23.4 Å². The van der Waals surface area contributed by atoms with Crippen molar-refractivity contribution in [1.29, 1.82) is 0 Å². The lowest BCUT2D eigenvalue weighted by atomic mass is 9.90. The molecule has 140 valence electrons. The van der Waals surface area contributed by atoms with E-state index in [0.29, 0.717) is 12.8 Å². The molecule has 3 N–H and O–H groups in total. The second kappa shape index (κ2) is 7.99. The van der Waals surface area contributed by atoms with Crippen LogP contribution in [-0.4, -0.2) is 34.2 Å². The first-order valence-corrected chi connectivity index (χ1v) is 8.46. The Labute approximate surface area is 164 Å². The van der Waals surface area contributed by atoms with Crippen LogP contribution in [-0.2, 0) is 9.59 Å². The average Bonchev–Trinajstić information content (AvgIpc) is 2.77. The molecule has 1 aromatic heterocycles. The molecule has 1 aliphatic rings. The fraction of sp³-hybridized carbons (Fsp3) is 0.300. The van der Waals surface area contributed by atoms with Crippen LogP contribution in [0.5, 0.6) is 0 Å². The van der Waals surface area contributed by atoms with Gasteiger partial charge in [0.2, 0.25) is 5.91 Å². The quantitative estimate of drug-likeness (QED) is 0.806. The van der Waals surface area contributed by atoms with Gasteiger partial charge < -0.3 is 16.0 Å². The van der Waals surface area contributed by atoms with Crippen LogP contribution < -0.4 is 11.1 Å². The van der Waals surface area contributed by atoms with Crippen LogP contribution in [0, 0.1) is 5.92 Å². The van der Waals surface area contributed by atoms with Gasteiger partial charge in [-0.25, -0.2) is 0 Å². The van der Waals surface area contributed by atoms with Crippen molar-refractivity contribution in [3.8, 4) is 0 Å². The molecule has 1 fully saturated rings. The fourth-order valence-electron chi connectivity index (χ4n) is 3.06. The lowest BCUT2D eigenvalue weighted by Gasteiger charge is -2.38.